The maximum Gasteiger partial charge on any atom is 0.137 e. The SMILES string of the molecule is Nc1ccc(CCn2cncn2)cc1. The molecule has 1 aromatic carbocycles. The van der Waals surface area contributed by atoms with Crippen molar-refractivity contribution in [3.63, 3.8) is 0 Å². The first-order chi connectivity index (χ1) is 6.84. The van der Waals surface area contributed by atoms with Gasteiger partial charge in [0.15, 0.2) is 0 Å². The summed E-state index contributed by atoms with van der Waals surface area (Å²) in [6.45, 7) is 0.851. The van der Waals surface area contributed by atoms with Gasteiger partial charge in [0.1, 0.15) is 12.7 Å². The number of nitrogen functional groups attached to an aromatic ring is 1. The van der Waals surface area contributed by atoms with E-state index in [4.69, 9.17) is 5.73 Å². The molecule has 0 spiro atoms. The zero-order valence-corrected chi connectivity index (χ0v) is 7.80. The lowest BCUT2D eigenvalue weighted by molar-refractivity contribution is 0.613. The van der Waals surface area contributed by atoms with Crippen LogP contribution in [0.2, 0.25) is 0 Å². The van der Waals surface area contributed by atoms with Gasteiger partial charge in [-0.25, -0.2) is 4.98 Å². The lowest BCUT2D eigenvalue weighted by Gasteiger charge is -2.01. The first kappa shape index (κ1) is 8.74. The smallest absolute Gasteiger partial charge is 0.137 e. The number of rotatable bonds is 3. The molecule has 0 fully saturated rings. The highest BCUT2D eigenvalue weighted by Crippen LogP contribution is 2.06. The third-order valence-electron chi connectivity index (χ3n) is 2.08. The quantitative estimate of drug-likeness (QED) is 0.734. The molecule has 0 unspecified atom stereocenters. The van der Waals surface area contributed by atoms with E-state index in [-0.39, 0.29) is 0 Å². The molecule has 0 atom stereocenters. The molecule has 72 valence electrons. The zero-order valence-electron chi connectivity index (χ0n) is 7.80. The van der Waals surface area contributed by atoms with Gasteiger partial charge in [0.05, 0.1) is 0 Å². The van der Waals surface area contributed by atoms with Gasteiger partial charge in [0, 0.05) is 12.2 Å². The minimum absolute atomic E-state index is 0.800. The van der Waals surface area contributed by atoms with Crippen LogP contribution in [0.3, 0.4) is 0 Å². The first-order valence-electron chi connectivity index (χ1n) is 4.51. The van der Waals surface area contributed by atoms with Crippen molar-refractivity contribution < 1.29 is 0 Å². The number of nitrogens with two attached hydrogens (primary N) is 1. The first-order valence-corrected chi connectivity index (χ1v) is 4.51. The van der Waals surface area contributed by atoms with E-state index in [1.165, 1.54) is 5.56 Å². The monoisotopic (exact) mass is 188 g/mol. The van der Waals surface area contributed by atoms with Gasteiger partial charge >= 0.3 is 0 Å². The summed E-state index contributed by atoms with van der Waals surface area (Å²) in [4.78, 5) is 3.88. The Morgan fingerprint density at radius 2 is 2.00 bits per heavy atom. The van der Waals surface area contributed by atoms with Crippen LogP contribution in [0.5, 0.6) is 0 Å². The van der Waals surface area contributed by atoms with Crippen molar-refractivity contribution in [2.75, 3.05) is 5.73 Å². The molecule has 0 bridgehead atoms. The maximum atomic E-state index is 5.59. The molecular weight excluding hydrogens is 176 g/mol. The molecule has 0 amide bonds. The van der Waals surface area contributed by atoms with Gasteiger partial charge in [-0.3, -0.25) is 4.68 Å². The van der Waals surface area contributed by atoms with Crippen LogP contribution in [-0.4, -0.2) is 14.8 Å². The molecule has 2 aromatic rings. The molecule has 4 nitrogen and oxygen atoms in total. The molecule has 4 heteroatoms. The summed E-state index contributed by atoms with van der Waals surface area (Å²) in [7, 11) is 0. The summed E-state index contributed by atoms with van der Waals surface area (Å²) < 4.78 is 1.82. The van der Waals surface area contributed by atoms with Crippen LogP contribution in [0, 0.1) is 0 Å². The van der Waals surface area contributed by atoms with Gasteiger partial charge < -0.3 is 5.73 Å². The Hall–Kier alpha value is -1.84. The molecule has 0 aliphatic rings. The van der Waals surface area contributed by atoms with Crippen molar-refractivity contribution in [3.05, 3.63) is 42.5 Å². The Morgan fingerprint density at radius 1 is 1.21 bits per heavy atom. The molecule has 2 N–H and O–H groups in total. The van der Waals surface area contributed by atoms with Crippen LogP contribution in [0.25, 0.3) is 0 Å². The summed E-state index contributed by atoms with van der Waals surface area (Å²) in [5, 5.41) is 4.03. The highest BCUT2D eigenvalue weighted by atomic mass is 15.3. The summed E-state index contributed by atoms with van der Waals surface area (Å²) in [5.74, 6) is 0. The molecular formula is C10H12N4. The van der Waals surface area contributed by atoms with E-state index in [1.807, 2.05) is 28.9 Å². The van der Waals surface area contributed by atoms with Crippen molar-refractivity contribution in [1.29, 1.82) is 0 Å². The largest absolute Gasteiger partial charge is 0.399 e. The summed E-state index contributed by atoms with van der Waals surface area (Å²) in [5.41, 5.74) is 7.65. The fourth-order valence-electron chi connectivity index (χ4n) is 1.28. The molecule has 0 aliphatic heterocycles. The third kappa shape index (κ3) is 2.10. The Kier molecular flexibility index (Phi) is 2.44. The average Bonchev–Trinajstić information content (AvgIpc) is 2.70. The van der Waals surface area contributed by atoms with Crippen molar-refractivity contribution in [3.8, 4) is 0 Å². The van der Waals surface area contributed by atoms with E-state index < -0.39 is 0 Å². The Labute approximate surface area is 82.4 Å². The Balaban J connectivity index is 1.95. The van der Waals surface area contributed by atoms with Crippen LogP contribution >= 0.6 is 0 Å². The lowest BCUT2D eigenvalue weighted by atomic mass is 10.1. The van der Waals surface area contributed by atoms with Crippen LogP contribution < -0.4 is 5.73 Å². The van der Waals surface area contributed by atoms with Crippen LogP contribution in [0.4, 0.5) is 5.69 Å². The average molecular weight is 188 g/mol. The van der Waals surface area contributed by atoms with E-state index in [0.717, 1.165) is 18.7 Å². The second-order valence-electron chi connectivity index (χ2n) is 3.15. The topological polar surface area (TPSA) is 56.7 Å². The molecule has 1 heterocycles. The number of benzene rings is 1. The predicted molar refractivity (Wildman–Crippen MR) is 54.6 cm³/mol. The van der Waals surface area contributed by atoms with E-state index in [0.29, 0.717) is 0 Å². The van der Waals surface area contributed by atoms with Crippen molar-refractivity contribution >= 4 is 5.69 Å². The Morgan fingerprint density at radius 3 is 2.64 bits per heavy atom. The van der Waals surface area contributed by atoms with Gasteiger partial charge in [-0.15, -0.1) is 0 Å². The number of aromatic nitrogens is 3. The number of hydrogen-bond acceptors (Lipinski definition) is 3. The molecule has 0 saturated heterocycles. The van der Waals surface area contributed by atoms with Gasteiger partial charge in [0.2, 0.25) is 0 Å². The molecule has 1 aromatic heterocycles. The van der Waals surface area contributed by atoms with E-state index in [2.05, 4.69) is 10.1 Å². The normalized spacial score (nSPS) is 10.3. The van der Waals surface area contributed by atoms with Crippen LogP contribution in [-0.2, 0) is 13.0 Å². The molecule has 2 rings (SSSR count). The summed E-state index contributed by atoms with van der Waals surface area (Å²) >= 11 is 0. The second kappa shape index (κ2) is 3.91. The van der Waals surface area contributed by atoms with E-state index >= 15 is 0 Å². The fraction of sp³-hybridized carbons (Fsp3) is 0.200. The second-order valence-corrected chi connectivity index (χ2v) is 3.15. The van der Waals surface area contributed by atoms with Gasteiger partial charge in [-0.05, 0) is 24.1 Å². The van der Waals surface area contributed by atoms with Crippen molar-refractivity contribution in [1.82, 2.24) is 14.8 Å². The van der Waals surface area contributed by atoms with Crippen molar-refractivity contribution in [2.24, 2.45) is 0 Å². The minimum atomic E-state index is 0.800. The van der Waals surface area contributed by atoms with Crippen molar-refractivity contribution in [2.45, 2.75) is 13.0 Å². The maximum absolute atomic E-state index is 5.59. The third-order valence-corrected chi connectivity index (χ3v) is 2.08. The molecule has 0 radical (unpaired) electrons. The van der Waals surface area contributed by atoms with Gasteiger partial charge in [-0.1, -0.05) is 12.1 Å². The molecule has 0 saturated carbocycles. The fourth-order valence-corrected chi connectivity index (χ4v) is 1.28. The lowest BCUT2D eigenvalue weighted by Crippen LogP contribution is -2.01. The highest BCUT2D eigenvalue weighted by Gasteiger charge is 1.94. The number of aryl methyl sites for hydroxylation is 2. The number of anilines is 1. The summed E-state index contributed by atoms with van der Waals surface area (Å²) in [6.07, 6.45) is 4.21. The standard InChI is InChI=1S/C10H12N4/c11-10-3-1-9(2-4-10)5-6-14-8-12-7-13-14/h1-4,7-8H,5-6,11H2. The predicted octanol–water partition coefficient (Wildman–Crippen LogP) is 1.10. The Bertz CT molecular complexity index is 377. The number of nitrogens with zero attached hydrogens (tertiary/aromatic N) is 3. The minimum Gasteiger partial charge on any atom is -0.399 e. The highest BCUT2D eigenvalue weighted by molar-refractivity contribution is 5.39. The van der Waals surface area contributed by atoms with E-state index in [9.17, 15) is 0 Å². The van der Waals surface area contributed by atoms with Gasteiger partial charge in [0.25, 0.3) is 0 Å². The summed E-state index contributed by atoms with van der Waals surface area (Å²) in [6, 6.07) is 7.89. The van der Waals surface area contributed by atoms with Crippen LogP contribution in [0.15, 0.2) is 36.9 Å². The van der Waals surface area contributed by atoms with Gasteiger partial charge in [-0.2, -0.15) is 5.10 Å². The molecule has 14 heavy (non-hydrogen) atoms. The number of hydrogen-bond donors (Lipinski definition) is 1. The molecule has 0 aliphatic carbocycles. The van der Waals surface area contributed by atoms with E-state index in [1.54, 1.807) is 12.7 Å². The zero-order chi connectivity index (χ0) is 9.80. The van der Waals surface area contributed by atoms with Crippen LogP contribution in [0.1, 0.15) is 5.56 Å².